The first-order valence-corrected chi connectivity index (χ1v) is 6.74. The predicted octanol–water partition coefficient (Wildman–Crippen LogP) is 1.55. The van der Waals surface area contributed by atoms with Gasteiger partial charge in [0.25, 0.3) is 0 Å². The molecule has 0 unspecified atom stereocenters. The average Bonchev–Trinajstić information content (AvgIpc) is 2.10. The molecular formula is C14H24N2O2. The fraction of sp³-hybridized carbons (Fsp3) is 0.857. The molecule has 2 amide bonds. The summed E-state index contributed by atoms with van der Waals surface area (Å²) in [6.45, 7) is 9.87. The average molecular weight is 252 g/mol. The van der Waals surface area contributed by atoms with Gasteiger partial charge in [0, 0.05) is 6.04 Å². The maximum Gasteiger partial charge on any atom is 0.240 e. The number of amides is 2. The van der Waals surface area contributed by atoms with Crippen LogP contribution in [0.1, 0.15) is 47.0 Å². The van der Waals surface area contributed by atoms with E-state index >= 15 is 0 Å². The molecule has 2 rings (SSSR count). The first-order chi connectivity index (χ1) is 8.17. The minimum absolute atomic E-state index is 0.160. The Labute approximate surface area is 109 Å². The van der Waals surface area contributed by atoms with Gasteiger partial charge in [-0.05, 0) is 30.1 Å². The zero-order valence-electron chi connectivity index (χ0n) is 11.9. The van der Waals surface area contributed by atoms with E-state index in [2.05, 4.69) is 37.9 Å². The second kappa shape index (κ2) is 4.34. The Morgan fingerprint density at radius 2 is 1.44 bits per heavy atom. The number of hydrogen-bond acceptors (Lipinski definition) is 3. The van der Waals surface area contributed by atoms with Crippen LogP contribution in [0, 0.1) is 10.8 Å². The number of carbonyl (C=O) groups is 2. The van der Waals surface area contributed by atoms with Crippen LogP contribution in [0.5, 0.6) is 0 Å². The Bertz CT molecular complexity index is 342. The number of rotatable bonds is 1. The molecule has 0 bridgehead atoms. The molecule has 4 heteroatoms. The highest BCUT2D eigenvalue weighted by Crippen LogP contribution is 2.47. The van der Waals surface area contributed by atoms with E-state index in [1.807, 2.05) is 0 Å². The quantitative estimate of drug-likeness (QED) is 0.720. The Hall–Kier alpha value is -0.900. The predicted molar refractivity (Wildman–Crippen MR) is 69.9 cm³/mol. The van der Waals surface area contributed by atoms with Crippen molar-refractivity contribution < 1.29 is 9.59 Å². The van der Waals surface area contributed by atoms with Crippen LogP contribution in [0.15, 0.2) is 0 Å². The Kier molecular flexibility index (Phi) is 3.26. The molecule has 0 spiro atoms. The molecule has 1 saturated heterocycles. The van der Waals surface area contributed by atoms with E-state index in [1.54, 1.807) is 0 Å². The number of imide groups is 1. The lowest BCUT2D eigenvalue weighted by molar-refractivity contribution is -0.138. The van der Waals surface area contributed by atoms with Crippen molar-refractivity contribution >= 4 is 11.8 Å². The molecule has 1 N–H and O–H groups in total. The molecule has 18 heavy (non-hydrogen) atoms. The molecule has 0 aromatic rings. The van der Waals surface area contributed by atoms with Crippen LogP contribution in [0.4, 0.5) is 0 Å². The molecule has 2 fully saturated rings. The van der Waals surface area contributed by atoms with Crippen molar-refractivity contribution in [2.24, 2.45) is 10.8 Å². The molecule has 0 atom stereocenters. The first-order valence-electron chi connectivity index (χ1n) is 6.74. The number of hydrogen-bond donors (Lipinski definition) is 1. The Morgan fingerprint density at radius 3 is 1.89 bits per heavy atom. The molecule has 1 aliphatic heterocycles. The maximum absolute atomic E-state index is 11.5. The fourth-order valence-corrected chi connectivity index (χ4v) is 3.96. The van der Waals surface area contributed by atoms with Gasteiger partial charge in [-0.3, -0.25) is 19.8 Å². The van der Waals surface area contributed by atoms with Crippen LogP contribution in [0.2, 0.25) is 0 Å². The third kappa shape index (κ3) is 3.10. The minimum Gasteiger partial charge on any atom is -0.294 e. The summed E-state index contributed by atoms with van der Waals surface area (Å²) in [5, 5.41) is 2.37. The molecule has 1 aliphatic carbocycles. The molecule has 1 heterocycles. The summed E-state index contributed by atoms with van der Waals surface area (Å²) in [6, 6.07) is 0.346. The third-order valence-corrected chi connectivity index (χ3v) is 4.02. The molecule has 2 aliphatic rings. The standard InChI is InChI=1S/C14H24N2O2/c1-13(2)5-10(6-14(3,4)9-13)16-7-11(17)15-12(18)8-16/h10H,5-9H2,1-4H3,(H,15,17,18). The van der Waals surface area contributed by atoms with Gasteiger partial charge in [0.05, 0.1) is 13.1 Å². The molecule has 0 aromatic heterocycles. The molecule has 102 valence electrons. The van der Waals surface area contributed by atoms with E-state index in [-0.39, 0.29) is 22.6 Å². The zero-order valence-corrected chi connectivity index (χ0v) is 11.9. The first kappa shape index (κ1) is 13.5. The van der Waals surface area contributed by atoms with Crippen molar-refractivity contribution in [1.82, 2.24) is 10.2 Å². The summed E-state index contributed by atoms with van der Waals surface area (Å²) >= 11 is 0. The van der Waals surface area contributed by atoms with E-state index in [0.717, 1.165) is 12.8 Å². The largest absolute Gasteiger partial charge is 0.294 e. The number of carbonyl (C=O) groups excluding carboxylic acids is 2. The van der Waals surface area contributed by atoms with Crippen molar-refractivity contribution in [3.8, 4) is 0 Å². The van der Waals surface area contributed by atoms with E-state index in [1.165, 1.54) is 6.42 Å². The van der Waals surface area contributed by atoms with Gasteiger partial charge in [0.1, 0.15) is 0 Å². The molecular weight excluding hydrogens is 228 g/mol. The van der Waals surface area contributed by atoms with Gasteiger partial charge >= 0.3 is 0 Å². The smallest absolute Gasteiger partial charge is 0.240 e. The topological polar surface area (TPSA) is 49.4 Å². The SMILES string of the molecule is CC1(C)CC(N2CC(=O)NC(=O)C2)CC(C)(C)C1. The van der Waals surface area contributed by atoms with Crippen LogP contribution < -0.4 is 5.32 Å². The van der Waals surface area contributed by atoms with E-state index in [0.29, 0.717) is 19.1 Å². The lowest BCUT2D eigenvalue weighted by Crippen LogP contribution is -2.57. The van der Waals surface area contributed by atoms with E-state index in [4.69, 9.17) is 0 Å². The zero-order chi connectivity index (χ0) is 13.6. The van der Waals surface area contributed by atoms with Gasteiger partial charge in [-0.15, -0.1) is 0 Å². The molecule has 1 saturated carbocycles. The molecule has 0 radical (unpaired) electrons. The van der Waals surface area contributed by atoms with Crippen LogP contribution in [0.3, 0.4) is 0 Å². The monoisotopic (exact) mass is 252 g/mol. The summed E-state index contributed by atoms with van der Waals surface area (Å²) < 4.78 is 0. The van der Waals surface area contributed by atoms with Crippen molar-refractivity contribution in [2.45, 2.75) is 53.0 Å². The number of piperazine rings is 1. The van der Waals surface area contributed by atoms with Gasteiger partial charge in [0.2, 0.25) is 11.8 Å². The van der Waals surface area contributed by atoms with Crippen LogP contribution in [-0.4, -0.2) is 35.8 Å². The van der Waals surface area contributed by atoms with Crippen LogP contribution in [-0.2, 0) is 9.59 Å². The Balaban J connectivity index is 2.12. The summed E-state index contributed by atoms with van der Waals surface area (Å²) in [5.41, 5.74) is 0.562. The highest BCUT2D eigenvalue weighted by molar-refractivity contribution is 5.99. The van der Waals surface area contributed by atoms with E-state index < -0.39 is 0 Å². The summed E-state index contributed by atoms with van der Waals surface area (Å²) in [5.74, 6) is -0.320. The lowest BCUT2D eigenvalue weighted by Gasteiger charge is -2.48. The van der Waals surface area contributed by atoms with Crippen molar-refractivity contribution in [3.63, 3.8) is 0 Å². The highest BCUT2D eigenvalue weighted by Gasteiger charge is 2.42. The van der Waals surface area contributed by atoms with Gasteiger partial charge in [0.15, 0.2) is 0 Å². The van der Waals surface area contributed by atoms with E-state index in [9.17, 15) is 9.59 Å². The van der Waals surface area contributed by atoms with Gasteiger partial charge in [-0.25, -0.2) is 0 Å². The maximum atomic E-state index is 11.5. The second-order valence-corrected chi connectivity index (χ2v) is 7.44. The Morgan fingerprint density at radius 1 is 1.00 bits per heavy atom. The van der Waals surface area contributed by atoms with Crippen molar-refractivity contribution in [3.05, 3.63) is 0 Å². The third-order valence-electron chi connectivity index (χ3n) is 4.02. The minimum atomic E-state index is -0.160. The van der Waals surface area contributed by atoms with Gasteiger partial charge in [-0.2, -0.15) is 0 Å². The van der Waals surface area contributed by atoms with Crippen molar-refractivity contribution in [2.75, 3.05) is 13.1 Å². The second-order valence-electron chi connectivity index (χ2n) is 7.44. The molecule has 0 aromatic carbocycles. The lowest BCUT2D eigenvalue weighted by atomic mass is 9.63. The number of nitrogens with zero attached hydrogens (tertiary/aromatic N) is 1. The van der Waals surface area contributed by atoms with Gasteiger partial charge < -0.3 is 0 Å². The number of nitrogens with one attached hydrogen (secondary N) is 1. The van der Waals surface area contributed by atoms with Crippen molar-refractivity contribution in [1.29, 1.82) is 0 Å². The normalized spacial score (nSPS) is 29.1. The van der Waals surface area contributed by atoms with Crippen LogP contribution in [0.25, 0.3) is 0 Å². The summed E-state index contributed by atoms with van der Waals surface area (Å²) in [6.07, 6.45) is 3.33. The fourth-order valence-electron chi connectivity index (χ4n) is 3.96. The summed E-state index contributed by atoms with van der Waals surface area (Å²) in [7, 11) is 0. The summed E-state index contributed by atoms with van der Waals surface area (Å²) in [4.78, 5) is 25.0. The molecule has 4 nitrogen and oxygen atoms in total. The van der Waals surface area contributed by atoms with Gasteiger partial charge in [-0.1, -0.05) is 27.7 Å². The highest BCUT2D eigenvalue weighted by atomic mass is 16.2. The van der Waals surface area contributed by atoms with Crippen LogP contribution >= 0.6 is 0 Å².